The van der Waals surface area contributed by atoms with Gasteiger partial charge in [-0.1, -0.05) is 197 Å². The van der Waals surface area contributed by atoms with E-state index < -0.39 is 58.4 Å². The highest BCUT2D eigenvalue weighted by Gasteiger charge is 2.34. The fourth-order valence-corrected chi connectivity index (χ4v) is 19.1. The Hall–Kier alpha value is -15.2. The zero-order valence-electron chi connectivity index (χ0n) is 86.7. The summed E-state index contributed by atoms with van der Waals surface area (Å²) in [6.45, 7) is 40.7. The molecule has 147 heavy (non-hydrogen) atoms. The Balaban J connectivity index is 0.000000161. The molecule has 0 unspecified atom stereocenters. The number of carboxylic acids is 1. The van der Waals surface area contributed by atoms with Gasteiger partial charge < -0.3 is 41.6 Å². The van der Waals surface area contributed by atoms with Crippen molar-refractivity contribution >= 4 is 120 Å². The number of hydrogen-bond acceptors (Lipinski definition) is 21. The van der Waals surface area contributed by atoms with Crippen LogP contribution in [0.4, 0.5) is 63.4 Å². The summed E-state index contributed by atoms with van der Waals surface area (Å²) in [5.41, 5.74) is 20.2. The van der Waals surface area contributed by atoms with E-state index in [0.717, 1.165) is 197 Å². The van der Waals surface area contributed by atoms with E-state index in [1.54, 1.807) is 37.4 Å². The third kappa shape index (κ3) is 26.4. The maximum atomic E-state index is 14.3. The predicted octanol–water partition coefficient (Wildman–Crippen LogP) is 27.0. The number of nitrogens with two attached hydrogens (primary N) is 1. The number of benzene rings is 6. The molecule has 0 spiro atoms. The Labute approximate surface area is 856 Å². The number of Topliss-reactive ketones (excluding diaryl/α,β-unsaturated/α-hetero) is 2. The molecule has 3 fully saturated rings. The molecule has 3 aliphatic carbocycles. The number of ether oxygens (including phenoxy) is 2. The van der Waals surface area contributed by atoms with Crippen LogP contribution < -0.4 is 36.8 Å². The molecule has 3 saturated carbocycles. The topological polar surface area (TPSA) is 334 Å². The van der Waals surface area contributed by atoms with Gasteiger partial charge in [-0.05, 0) is 228 Å². The quantitative estimate of drug-likeness (QED) is 0.0196. The van der Waals surface area contributed by atoms with Gasteiger partial charge in [0.1, 0.15) is 46.1 Å². The number of anilines is 7. The zero-order chi connectivity index (χ0) is 105. The summed E-state index contributed by atoms with van der Waals surface area (Å²) >= 11 is 0. The summed E-state index contributed by atoms with van der Waals surface area (Å²) in [5.74, 6) is 1.14. The molecule has 0 aliphatic heterocycles. The number of carbonyl (C=O) groups is 5. The molecule has 2 amide bonds. The fraction of sp³-hybridized carbons (Fsp3) is 0.368. The maximum absolute atomic E-state index is 14.3. The molecule has 15 aromatic rings. The smallest absolute Gasteiger partial charge is 0.416 e. The molecule has 6 aromatic carbocycles. The van der Waals surface area contributed by atoms with Crippen LogP contribution in [0.5, 0.6) is 0 Å². The van der Waals surface area contributed by atoms with Gasteiger partial charge in [0, 0.05) is 130 Å². The first-order chi connectivity index (χ1) is 70.1. The lowest BCUT2D eigenvalue weighted by atomic mass is 9.87. The number of nitrogens with zero attached hydrogens (tertiary/aromatic N) is 14. The van der Waals surface area contributed by atoms with E-state index in [4.69, 9.17) is 65.5 Å². The number of nitrogen functional groups attached to an aromatic ring is 1. The van der Waals surface area contributed by atoms with Crippen LogP contribution in [0, 0.1) is 17.8 Å². The number of nitrogens with one attached hydrogen (secondary N) is 4. The summed E-state index contributed by atoms with van der Waals surface area (Å²) < 4.78 is 55.3. The average Bonchev–Trinajstić information content (AvgIpc) is 1.64. The number of rotatable bonds is 28. The number of allylic oxidation sites excluding steroid dienone is 2. The number of hydrogen-bond donors (Lipinski definition) is 6. The van der Waals surface area contributed by atoms with Crippen LogP contribution in [-0.4, -0.2) is 123 Å². The summed E-state index contributed by atoms with van der Waals surface area (Å²) in [4.78, 5) is 94.4. The number of ketones is 2. The minimum Gasteiger partial charge on any atom is -0.476 e. The first-order valence-corrected chi connectivity index (χ1v) is 50.8. The Kier molecular flexibility index (Phi) is 33.5. The molecular formula is C117H134F3N19O8. The first kappa shape index (κ1) is 106. The van der Waals surface area contributed by atoms with Gasteiger partial charge in [-0.15, -0.1) is 0 Å². The van der Waals surface area contributed by atoms with Gasteiger partial charge in [-0.25, -0.2) is 38.1 Å². The maximum Gasteiger partial charge on any atom is 0.416 e. The van der Waals surface area contributed by atoms with Crippen molar-refractivity contribution in [1.29, 1.82) is 0 Å². The standard InChI is InChI=1S/C41H47FN6O3.C37H45N7O2.C36H39FN6O.C3H3FO2/c1-25(2)34-23-44-48-37(22-36(46-39(34)48)45-31-15-12-26(3)13-16-31)47(40(50)51-41(5,6)7)24-30-10-8-9-11-32(30)38-33-17-14-28(21-35(49)27(4)42)20-29(33)18-19-43-38;1-23(2)31-21-40-44-33(20-32(42-35(31)44)41-28-14-11-24(3)12-15-28)43(36(45)46-37(4,5)6)22-26-9-7-8-10-29(26)34-30-16-13-27(38)19-25(30)17-18-39-34;1-22(2)31-21-40-43-34(19-33(42-36(31)43)41-28-12-9-23(3)10-13-28)39-20-27-7-5-6-8-29(27)35-30-14-11-25(18-32(44)24(4)37)17-26(30)15-16-38-35;1-2(4)3(5)6/h8-11,14,17-20,22-23,25-26,31H,4,12-13,15-16,21,24H2,1-3,5-7H3,(H,45,46);7-10,13,16-21,23-24,28H,11-12,14-15,22,38H2,1-6H3,(H,41,42);5-8,11,14-17,19,21-23,28,39H,4,9-10,12-13,18,20H2,1-3H3,(H,41,42);1H2,(H,5,6). The normalized spacial score (nSPS) is 16.4. The number of pyridine rings is 3. The van der Waals surface area contributed by atoms with Crippen LogP contribution >= 0.6 is 0 Å². The van der Waals surface area contributed by atoms with Crippen molar-refractivity contribution in [2.24, 2.45) is 17.8 Å². The second-order valence-electron chi connectivity index (χ2n) is 42.0. The van der Waals surface area contributed by atoms with Crippen LogP contribution in [0.3, 0.4) is 0 Å². The highest BCUT2D eigenvalue weighted by Crippen LogP contribution is 2.41. The lowest BCUT2D eigenvalue weighted by molar-refractivity contribution is -0.134. The number of halogens is 3. The summed E-state index contributed by atoms with van der Waals surface area (Å²) in [7, 11) is 0. The fourth-order valence-electron chi connectivity index (χ4n) is 19.1. The minimum atomic E-state index is -1.60. The van der Waals surface area contributed by atoms with Gasteiger partial charge in [0.05, 0.1) is 48.8 Å². The van der Waals surface area contributed by atoms with E-state index in [0.29, 0.717) is 64.8 Å². The van der Waals surface area contributed by atoms with Crippen molar-refractivity contribution in [3.05, 3.63) is 283 Å². The van der Waals surface area contributed by atoms with Crippen LogP contribution in [0.1, 0.15) is 243 Å². The summed E-state index contributed by atoms with van der Waals surface area (Å²) in [5, 5.41) is 42.1. The number of carbonyl (C=O) groups excluding carboxylic acids is 4. The van der Waals surface area contributed by atoms with Gasteiger partial charge in [0.2, 0.25) is 5.83 Å². The second-order valence-corrected chi connectivity index (χ2v) is 42.0. The molecule has 27 nitrogen and oxygen atoms in total. The van der Waals surface area contributed by atoms with E-state index in [2.05, 4.69) is 122 Å². The third-order valence-electron chi connectivity index (χ3n) is 27.2. The number of amides is 2. The van der Waals surface area contributed by atoms with Crippen molar-refractivity contribution in [3.8, 4) is 33.8 Å². The third-order valence-corrected chi connectivity index (χ3v) is 27.2. The molecule has 9 aromatic heterocycles. The molecule has 0 radical (unpaired) electrons. The highest BCUT2D eigenvalue weighted by atomic mass is 19.1. The SMILES string of the molecule is C=C(F)C(=O)Cc1ccc2c(-c3ccccc3CN(C(=O)OC(C)(C)C)c3cc(NC4CCC(C)CC4)nc4c(C(C)C)cnn34)nccc2c1.C=C(F)C(=O)Cc1ccc2c(-c3ccccc3CNc3cc(NC4CCC(C)CC4)nc4c(C(C)C)cnn34)nccc2c1.C=C(F)C(=O)O.CC1CCC(Nc2cc(N(Cc3ccccc3-c3nccc4cc(N)ccc34)C(=O)OC(C)(C)C)n3ncc(C(C)C)c3n2)CC1. The van der Waals surface area contributed by atoms with Crippen LogP contribution in [0.25, 0.3) is 83.0 Å². The molecule has 9 heterocycles. The minimum absolute atomic E-state index is 0.0213. The van der Waals surface area contributed by atoms with Gasteiger partial charge >= 0.3 is 18.2 Å². The van der Waals surface area contributed by atoms with Gasteiger partial charge in [-0.2, -0.15) is 33.2 Å². The van der Waals surface area contributed by atoms with E-state index in [1.807, 2.05) is 210 Å². The number of carboxylic acid groups (broad SMARTS) is 1. The van der Waals surface area contributed by atoms with E-state index in [1.165, 1.54) is 25.7 Å². The molecule has 766 valence electrons. The second kappa shape index (κ2) is 46.4. The van der Waals surface area contributed by atoms with Crippen molar-refractivity contribution in [2.75, 3.05) is 36.8 Å². The average molecular weight is 1990 g/mol. The largest absolute Gasteiger partial charge is 0.476 e. The predicted molar refractivity (Wildman–Crippen MR) is 580 cm³/mol. The number of aliphatic carboxylic acids is 1. The molecule has 0 atom stereocenters. The van der Waals surface area contributed by atoms with E-state index >= 15 is 0 Å². The summed E-state index contributed by atoms with van der Waals surface area (Å²) in [6, 6.07) is 54.0. The summed E-state index contributed by atoms with van der Waals surface area (Å²) in [6.07, 6.45) is 23.6. The zero-order valence-corrected chi connectivity index (χ0v) is 86.7. The van der Waals surface area contributed by atoms with E-state index in [9.17, 15) is 37.1 Å². The molecule has 0 saturated heterocycles. The molecule has 18 rings (SSSR count). The molecule has 7 N–H and O–H groups in total. The van der Waals surface area contributed by atoms with Crippen LogP contribution in [-0.2, 0) is 56.3 Å². The molecule has 30 heteroatoms. The highest BCUT2D eigenvalue weighted by molar-refractivity contribution is 6.01. The van der Waals surface area contributed by atoms with Gasteiger partial charge in [0.25, 0.3) is 0 Å². The Morgan fingerprint density at radius 2 is 0.762 bits per heavy atom. The first-order valence-electron chi connectivity index (χ1n) is 50.8. The van der Waals surface area contributed by atoms with Crippen molar-refractivity contribution < 1.29 is 51.7 Å². The molecule has 0 bridgehead atoms. The lowest BCUT2D eigenvalue weighted by Crippen LogP contribution is -2.38. The van der Waals surface area contributed by atoms with Crippen molar-refractivity contribution in [1.82, 2.24) is 58.7 Å². The van der Waals surface area contributed by atoms with Crippen molar-refractivity contribution in [3.63, 3.8) is 0 Å². The van der Waals surface area contributed by atoms with E-state index in [-0.39, 0.29) is 43.8 Å². The number of fused-ring (bicyclic) bond motifs is 6. The van der Waals surface area contributed by atoms with Gasteiger partial charge in [0.15, 0.2) is 40.2 Å². The Morgan fingerprint density at radius 1 is 0.435 bits per heavy atom. The molecular weight excluding hydrogens is 1860 g/mol. The molecule has 3 aliphatic rings. The monoisotopic (exact) mass is 1990 g/mol. The Morgan fingerprint density at radius 3 is 1.12 bits per heavy atom. The number of aromatic nitrogens is 12. The lowest BCUT2D eigenvalue weighted by Gasteiger charge is -2.30. The van der Waals surface area contributed by atoms with Gasteiger partial charge in [-0.3, -0.25) is 34.3 Å². The van der Waals surface area contributed by atoms with Crippen LogP contribution in [0.2, 0.25) is 0 Å². The van der Waals surface area contributed by atoms with Crippen LogP contribution in [0.15, 0.2) is 238 Å². The van der Waals surface area contributed by atoms with Crippen molar-refractivity contribution in [2.45, 2.75) is 260 Å². The Bertz CT molecular complexity index is 7360.